The van der Waals surface area contributed by atoms with Crippen molar-refractivity contribution in [3.63, 3.8) is 0 Å². The van der Waals surface area contributed by atoms with Gasteiger partial charge in [-0.05, 0) is 36.1 Å². The van der Waals surface area contributed by atoms with E-state index in [2.05, 4.69) is 24.1 Å². The Morgan fingerprint density at radius 3 is 2.38 bits per heavy atom. The molecule has 0 aromatic heterocycles. The van der Waals surface area contributed by atoms with Gasteiger partial charge in [-0.3, -0.25) is 0 Å². The van der Waals surface area contributed by atoms with Crippen LogP contribution in [0, 0.1) is 11.2 Å². The van der Waals surface area contributed by atoms with Crippen molar-refractivity contribution in [3.05, 3.63) is 94.0 Å². The Bertz CT molecular complexity index is 1200. The molecular weight excluding hydrogens is 542 g/mol. The van der Waals surface area contributed by atoms with Crippen LogP contribution in [0.2, 0.25) is 5.02 Å². The average Bonchev–Trinajstić information content (AvgIpc) is 2.90. The molecule has 0 aliphatic carbocycles. The molecule has 0 bridgehead atoms. The van der Waals surface area contributed by atoms with E-state index >= 15 is 0 Å². The molecule has 5 nitrogen and oxygen atoms in total. The van der Waals surface area contributed by atoms with Crippen LogP contribution in [0.25, 0.3) is 5.32 Å². The number of hydrogen-bond acceptors (Lipinski definition) is 4. The van der Waals surface area contributed by atoms with E-state index in [4.69, 9.17) is 21.1 Å². The molecule has 0 saturated carbocycles. The number of nitrogens with zero attached hydrogens (tertiary/aromatic N) is 2. The average molecular weight is 579 g/mol. The van der Waals surface area contributed by atoms with Gasteiger partial charge in [0.15, 0.2) is 0 Å². The van der Waals surface area contributed by atoms with Crippen molar-refractivity contribution in [3.8, 4) is 11.5 Å². The Hall–Kier alpha value is -1.16. The van der Waals surface area contributed by atoms with Crippen LogP contribution >= 0.6 is 11.6 Å². The predicted molar refractivity (Wildman–Crippen MR) is 151 cm³/mol. The zero-order valence-electron chi connectivity index (χ0n) is 23.4. The minimum atomic E-state index is -0.838. The van der Waals surface area contributed by atoms with E-state index < -0.39 is 5.60 Å². The third kappa shape index (κ3) is 8.66. The number of halogens is 2. The van der Waals surface area contributed by atoms with Crippen LogP contribution in [-0.4, -0.2) is 48.9 Å². The molecule has 3 aromatic rings. The number of rotatable bonds is 11. The molecule has 1 fully saturated rings. The maximum Gasteiger partial charge on any atom is 1.00 e. The van der Waals surface area contributed by atoms with Crippen molar-refractivity contribution in [1.82, 2.24) is 4.90 Å². The van der Waals surface area contributed by atoms with Gasteiger partial charge in [0, 0.05) is 37.5 Å². The van der Waals surface area contributed by atoms with E-state index in [0.29, 0.717) is 48.3 Å². The Balaban J connectivity index is 0.00000420. The first-order chi connectivity index (χ1) is 18.2. The van der Waals surface area contributed by atoms with Crippen molar-refractivity contribution < 1.29 is 70.4 Å². The molecule has 1 unspecified atom stereocenters. The van der Waals surface area contributed by atoms with E-state index in [1.165, 1.54) is 12.1 Å². The summed E-state index contributed by atoms with van der Waals surface area (Å²) in [7, 11) is 1.71. The molecule has 1 atom stereocenters. The summed E-state index contributed by atoms with van der Waals surface area (Å²) in [5, 5.41) is 16.3. The number of benzene rings is 3. The van der Waals surface area contributed by atoms with Crippen LogP contribution in [0.15, 0.2) is 66.7 Å². The second kappa shape index (κ2) is 14.6. The Labute approximate surface area is 279 Å². The number of piperidine rings is 1. The monoisotopic (exact) mass is 578 g/mol. The molecule has 3 aromatic carbocycles. The second-order valence-electron chi connectivity index (χ2n) is 10.7. The van der Waals surface area contributed by atoms with Gasteiger partial charge < -0.3 is 24.8 Å². The molecule has 1 N–H and O–H groups in total. The summed E-state index contributed by atoms with van der Waals surface area (Å²) in [6, 6.07) is 20.0. The van der Waals surface area contributed by atoms with Gasteiger partial charge in [0.2, 0.25) is 0 Å². The van der Waals surface area contributed by atoms with Gasteiger partial charge in [-0.15, -0.1) is 7.05 Å². The smallest absolute Gasteiger partial charge is 0.684 e. The van der Waals surface area contributed by atoms with Gasteiger partial charge in [-0.2, -0.15) is 0 Å². The van der Waals surface area contributed by atoms with Crippen molar-refractivity contribution in [2.45, 2.75) is 45.3 Å². The van der Waals surface area contributed by atoms with E-state index in [1.54, 1.807) is 25.2 Å². The molecule has 8 heteroatoms. The summed E-state index contributed by atoms with van der Waals surface area (Å²) in [5.41, 5.74) is 1.55. The van der Waals surface area contributed by atoms with E-state index in [1.807, 2.05) is 36.4 Å². The fraction of sp³-hybridized carbons (Fsp3) is 0.419. The number of likely N-dealkylation sites (tertiary alicyclic amines) is 1. The van der Waals surface area contributed by atoms with Crippen molar-refractivity contribution >= 4 is 17.3 Å². The summed E-state index contributed by atoms with van der Waals surface area (Å²) in [4.78, 5) is 2.38. The van der Waals surface area contributed by atoms with Gasteiger partial charge in [0.1, 0.15) is 23.9 Å². The van der Waals surface area contributed by atoms with Crippen LogP contribution in [0.4, 0.5) is 10.1 Å². The van der Waals surface area contributed by atoms with Crippen LogP contribution < -0.4 is 60.9 Å². The number of ether oxygens (including phenoxy) is 2. The quantitative estimate of drug-likeness (QED) is 0.274. The standard InChI is InChI=1S/C31H37ClFN2O3.K/c1-30(2)22-35(16-14-31(30,36)20-23-10-12-25(33)13-11-23)15-7-17-37-29-19-28(26(32)18-27(29)34-3)38-21-24-8-5-4-6-9-24;/h4-6,8-13,18-19,36H,7,14-17,20-22H2,1-3H3;/q-1;+1. The molecule has 0 spiro atoms. The largest absolute Gasteiger partial charge is 1.00 e. The predicted octanol–water partition coefficient (Wildman–Crippen LogP) is 4.17. The molecule has 4 rings (SSSR count). The third-order valence-electron chi connectivity index (χ3n) is 7.50. The van der Waals surface area contributed by atoms with Gasteiger partial charge >= 0.3 is 51.4 Å². The number of hydrogen-bond donors (Lipinski definition) is 1. The summed E-state index contributed by atoms with van der Waals surface area (Å²) < 4.78 is 25.4. The SMILES string of the molecule is C[N-]c1cc(Cl)c(OCc2ccccc2)cc1OCCCN1CCC(O)(Cc2ccc(F)cc2)C(C)(C)C1.[K+]. The van der Waals surface area contributed by atoms with Crippen molar-refractivity contribution in [1.29, 1.82) is 0 Å². The first kappa shape index (κ1) is 32.4. The Kier molecular flexibility index (Phi) is 12.1. The topological polar surface area (TPSA) is 56.0 Å². The molecule has 1 aliphatic heterocycles. The molecule has 1 saturated heterocycles. The molecule has 39 heavy (non-hydrogen) atoms. The first-order valence-electron chi connectivity index (χ1n) is 13.1. The fourth-order valence-electron chi connectivity index (χ4n) is 5.06. The van der Waals surface area contributed by atoms with Crippen LogP contribution in [0.3, 0.4) is 0 Å². The number of aliphatic hydroxyl groups is 1. The van der Waals surface area contributed by atoms with E-state index in [9.17, 15) is 9.50 Å². The Morgan fingerprint density at radius 2 is 1.72 bits per heavy atom. The van der Waals surface area contributed by atoms with Crippen LogP contribution in [0.5, 0.6) is 11.5 Å². The third-order valence-corrected chi connectivity index (χ3v) is 7.79. The van der Waals surface area contributed by atoms with Gasteiger partial charge in [-0.1, -0.05) is 79.7 Å². The van der Waals surface area contributed by atoms with Crippen molar-refractivity contribution in [2.75, 3.05) is 33.3 Å². The zero-order valence-corrected chi connectivity index (χ0v) is 27.3. The molecule has 1 heterocycles. The second-order valence-corrected chi connectivity index (χ2v) is 11.1. The van der Waals surface area contributed by atoms with Crippen LogP contribution in [-0.2, 0) is 13.0 Å². The summed E-state index contributed by atoms with van der Waals surface area (Å²) in [6.45, 7) is 7.60. The summed E-state index contributed by atoms with van der Waals surface area (Å²) in [6.07, 6.45) is 2.01. The maximum atomic E-state index is 13.3. The van der Waals surface area contributed by atoms with Gasteiger partial charge in [0.25, 0.3) is 0 Å². The molecular formula is C31H37ClFKN2O3. The Morgan fingerprint density at radius 1 is 1.00 bits per heavy atom. The van der Waals surface area contributed by atoms with E-state index in [0.717, 1.165) is 37.2 Å². The maximum absolute atomic E-state index is 13.3. The molecule has 0 radical (unpaired) electrons. The van der Waals surface area contributed by atoms with Crippen LogP contribution in [0.1, 0.15) is 37.8 Å². The first-order valence-corrected chi connectivity index (χ1v) is 13.5. The zero-order chi connectivity index (χ0) is 27.2. The summed E-state index contributed by atoms with van der Waals surface area (Å²) >= 11 is 6.43. The van der Waals surface area contributed by atoms with E-state index in [-0.39, 0.29) is 62.6 Å². The molecule has 204 valence electrons. The van der Waals surface area contributed by atoms with Crippen molar-refractivity contribution in [2.24, 2.45) is 5.41 Å². The molecule has 1 aliphatic rings. The minimum Gasteiger partial charge on any atom is -0.684 e. The minimum absolute atomic E-state index is 0. The fourth-order valence-corrected chi connectivity index (χ4v) is 5.27. The van der Waals surface area contributed by atoms with Gasteiger partial charge in [0.05, 0.1) is 17.2 Å². The molecule has 0 amide bonds. The van der Waals surface area contributed by atoms with Gasteiger partial charge in [-0.25, -0.2) is 4.39 Å². The normalized spacial score (nSPS) is 18.7. The summed E-state index contributed by atoms with van der Waals surface area (Å²) in [5.74, 6) is 0.954.